The Morgan fingerprint density at radius 2 is 2.17 bits per heavy atom. The molecule has 6 heteroatoms. The molecule has 2 aromatic heterocycles. The van der Waals surface area contributed by atoms with Crippen molar-refractivity contribution < 1.29 is 13.7 Å². The van der Waals surface area contributed by atoms with Crippen LogP contribution in [0.4, 0.5) is 0 Å². The molecule has 2 unspecified atom stereocenters. The summed E-state index contributed by atoms with van der Waals surface area (Å²) in [5.74, 6) is 3.02. The maximum absolute atomic E-state index is 12.3. The number of nitrogens with zero attached hydrogens (tertiary/aromatic N) is 2. The molecule has 2 saturated carbocycles. The molecule has 4 rings (SSSR count). The fourth-order valence-corrected chi connectivity index (χ4v) is 3.72. The van der Waals surface area contributed by atoms with Crippen LogP contribution in [-0.4, -0.2) is 16.0 Å². The molecule has 122 valence electrons. The van der Waals surface area contributed by atoms with Crippen molar-refractivity contribution in [1.29, 1.82) is 0 Å². The van der Waals surface area contributed by atoms with Gasteiger partial charge in [-0.15, -0.1) is 0 Å². The molecular formula is C17H21N3O3. The monoisotopic (exact) mass is 315 g/mol. The van der Waals surface area contributed by atoms with Crippen LogP contribution in [-0.2, 0) is 11.3 Å². The lowest BCUT2D eigenvalue weighted by Gasteiger charge is -2.21. The molecule has 6 nitrogen and oxygen atoms in total. The van der Waals surface area contributed by atoms with Gasteiger partial charge >= 0.3 is 0 Å². The Bertz CT molecular complexity index is 658. The summed E-state index contributed by atoms with van der Waals surface area (Å²) in [6.45, 7) is 0.303. The smallest absolute Gasteiger partial charge is 0.293 e. The maximum atomic E-state index is 12.3. The van der Waals surface area contributed by atoms with Crippen LogP contribution >= 0.6 is 0 Å². The summed E-state index contributed by atoms with van der Waals surface area (Å²) in [5.41, 5.74) is 0. The van der Waals surface area contributed by atoms with Crippen molar-refractivity contribution in [2.75, 3.05) is 0 Å². The SMILES string of the molecule is O=C(NCc1noc(-c2ccco2)n1)C1CC1C1CCCCC1. The van der Waals surface area contributed by atoms with Crippen LogP contribution < -0.4 is 5.32 Å². The normalized spacial score (nSPS) is 24.5. The predicted molar refractivity (Wildman–Crippen MR) is 82.0 cm³/mol. The van der Waals surface area contributed by atoms with Crippen LogP contribution in [0.3, 0.4) is 0 Å². The minimum atomic E-state index is 0.130. The van der Waals surface area contributed by atoms with E-state index in [1.165, 1.54) is 32.1 Å². The zero-order chi connectivity index (χ0) is 15.6. The van der Waals surface area contributed by atoms with Gasteiger partial charge in [0.2, 0.25) is 5.91 Å². The van der Waals surface area contributed by atoms with E-state index in [4.69, 9.17) is 8.94 Å². The number of carbonyl (C=O) groups excluding carboxylic acids is 1. The summed E-state index contributed by atoms with van der Waals surface area (Å²) in [6, 6.07) is 3.52. The van der Waals surface area contributed by atoms with Crippen molar-refractivity contribution in [3.63, 3.8) is 0 Å². The fourth-order valence-electron chi connectivity index (χ4n) is 3.72. The van der Waals surface area contributed by atoms with Gasteiger partial charge < -0.3 is 14.3 Å². The molecule has 0 saturated heterocycles. The van der Waals surface area contributed by atoms with Crippen LogP contribution in [0.25, 0.3) is 11.7 Å². The van der Waals surface area contributed by atoms with Gasteiger partial charge in [-0.05, 0) is 30.4 Å². The van der Waals surface area contributed by atoms with E-state index in [-0.39, 0.29) is 11.8 Å². The fraction of sp³-hybridized carbons (Fsp3) is 0.588. The Morgan fingerprint density at radius 3 is 2.96 bits per heavy atom. The lowest BCUT2D eigenvalue weighted by molar-refractivity contribution is -0.123. The third-order valence-electron chi connectivity index (χ3n) is 5.05. The molecule has 2 aromatic rings. The zero-order valence-corrected chi connectivity index (χ0v) is 13.0. The van der Waals surface area contributed by atoms with E-state index >= 15 is 0 Å². The molecule has 0 aromatic carbocycles. The van der Waals surface area contributed by atoms with E-state index in [1.54, 1.807) is 18.4 Å². The molecule has 1 N–H and O–H groups in total. The molecule has 0 aliphatic heterocycles. The first-order valence-electron chi connectivity index (χ1n) is 8.45. The van der Waals surface area contributed by atoms with Gasteiger partial charge in [0.1, 0.15) is 0 Å². The number of amides is 1. The standard InChI is InChI=1S/C17H21N3O3/c21-16(13-9-12(13)11-5-2-1-3-6-11)18-10-15-19-17(23-20-15)14-7-4-8-22-14/h4,7-8,11-13H,1-3,5-6,9-10H2,(H,18,21). The van der Waals surface area contributed by atoms with Crippen LogP contribution in [0, 0.1) is 17.8 Å². The van der Waals surface area contributed by atoms with E-state index in [9.17, 15) is 4.79 Å². The first-order valence-corrected chi connectivity index (χ1v) is 8.45. The van der Waals surface area contributed by atoms with E-state index in [2.05, 4.69) is 15.5 Å². The largest absolute Gasteiger partial charge is 0.459 e. The van der Waals surface area contributed by atoms with Crippen LogP contribution in [0.5, 0.6) is 0 Å². The lowest BCUT2D eigenvalue weighted by Crippen LogP contribution is -2.26. The predicted octanol–water partition coefficient (Wildman–Crippen LogP) is 3.16. The van der Waals surface area contributed by atoms with Crippen LogP contribution in [0.2, 0.25) is 0 Å². The minimum absolute atomic E-state index is 0.130. The molecule has 2 atom stereocenters. The average molecular weight is 315 g/mol. The lowest BCUT2D eigenvalue weighted by atomic mass is 9.85. The Morgan fingerprint density at radius 1 is 1.30 bits per heavy atom. The second-order valence-corrected chi connectivity index (χ2v) is 6.62. The summed E-state index contributed by atoms with van der Waals surface area (Å²) in [6.07, 6.45) is 9.20. The molecule has 1 amide bonds. The molecule has 2 aliphatic rings. The number of furan rings is 1. The summed E-state index contributed by atoms with van der Waals surface area (Å²) in [4.78, 5) is 16.5. The van der Waals surface area contributed by atoms with Gasteiger partial charge in [-0.25, -0.2) is 0 Å². The van der Waals surface area contributed by atoms with Gasteiger partial charge in [0.15, 0.2) is 11.6 Å². The van der Waals surface area contributed by atoms with Crippen molar-refractivity contribution in [3.8, 4) is 11.7 Å². The Kier molecular flexibility index (Phi) is 3.89. The number of hydrogen-bond acceptors (Lipinski definition) is 5. The highest BCUT2D eigenvalue weighted by molar-refractivity contribution is 5.81. The summed E-state index contributed by atoms with van der Waals surface area (Å²) in [7, 11) is 0. The Labute approximate surface area is 134 Å². The molecule has 2 aliphatic carbocycles. The topological polar surface area (TPSA) is 81.2 Å². The quantitative estimate of drug-likeness (QED) is 0.916. The van der Waals surface area contributed by atoms with E-state index < -0.39 is 0 Å². The van der Waals surface area contributed by atoms with Crippen molar-refractivity contribution >= 4 is 5.91 Å². The van der Waals surface area contributed by atoms with Gasteiger partial charge in [0, 0.05) is 5.92 Å². The molecule has 2 heterocycles. The van der Waals surface area contributed by atoms with Crippen molar-refractivity contribution in [3.05, 3.63) is 24.2 Å². The van der Waals surface area contributed by atoms with E-state index in [0.29, 0.717) is 29.9 Å². The highest BCUT2D eigenvalue weighted by Gasteiger charge is 2.47. The molecule has 23 heavy (non-hydrogen) atoms. The second-order valence-electron chi connectivity index (χ2n) is 6.62. The van der Waals surface area contributed by atoms with Gasteiger partial charge in [-0.3, -0.25) is 4.79 Å². The number of hydrogen-bond donors (Lipinski definition) is 1. The van der Waals surface area contributed by atoms with Gasteiger partial charge in [-0.1, -0.05) is 37.3 Å². The molecule has 0 bridgehead atoms. The third-order valence-corrected chi connectivity index (χ3v) is 5.05. The Hall–Kier alpha value is -2.11. The van der Waals surface area contributed by atoms with Crippen molar-refractivity contribution in [2.45, 2.75) is 45.1 Å². The summed E-state index contributed by atoms with van der Waals surface area (Å²) in [5, 5.41) is 6.81. The molecule has 0 radical (unpaired) electrons. The Balaban J connectivity index is 1.27. The molecular weight excluding hydrogens is 294 g/mol. The first kappa shape index (κ1) is 14.5. The van der Waals surface area contributed by atoms with Crippen molar-refractivity contribution in [2.24, 2.45) is 17.8 Å². The summed E-state index contributed by atoms with van der Waals surface area (Å²) >= 11 is 0. The number of carbonyl (C=O) groups is 1. The van der Waals surface area contributed by atoms with Gasteiger partial charge in [0.25, 0.3) is 5.89 Å². The maximum Gasteiger partial charge on any atom is 0.293 e. The highest BCUT2D eigenvalue weighted by Crippen LogP contribution is 2.49. The van der Waals surface area contributed by atoms with E-state index in [1.807, 2.05) is 0 Å². The minimum Gasteiger partial charge on any atom is -0.459 e. The molecule has 2 fully saturated rings. The highest BCUT2D eigenvalue weighted by atomic mass is 16.5. The first-order chi connectivity index (χ1) is 11.3. The van der Waals surface area contributed by atoms with Gasteiger partial charge in [0.05, 0.1) is 12.8 Å². The second kappa shape index (κ2) is 6.18. The van der Waals surface area contributed by atoms with Crippen LogP contribution in [0.15, 0.2) is 27.3 Å². The number of rotatable bonds is 5. The van der Waals surface area contributed by atoms with Gasteiger partial charge in [-0.2, -0.15) is 4.98 Å². The zero-order valence-electron chi connectivity index (χ0n) is 13.0. The van der Waals surface area contributed by atoms with Crippen LogP contribution in [0.1, 0.15) is 44.3 Å². The van der Waals surface area contributed by atoms with E-state index in [0.717, 1.165) is 12.3 Å². The average Bonchev–Trinajstić information content (AvgIpc) is 2.99. The number of aromatic nitrogens is 2. The van der Waals surface area contributed by atoms with Crippen molar-refractivity contribution in [1.82, 2.24) is 15.5 Å². The molecule has 0 spiro atoms. The third kappa shape index (κ3) is 3.16. The number of nitrogens with one attached hydrogen (secondary N) is 1. The summed E-state index contributed by atoms with van der Waals surface area (Å²) < 4.78 is 10.3.